The molecule has 114 valence electrons. The van der Waals surface area contributed by atoms with Crippen molar-refractivity contribution in [1.82, 2.24) is 5.32 Å². The normalized spacial score (nSPS) is 10.6. The smallest absolute Gasteiger partial charge is 0.220 e. The predicted octanol–water partition coefficient (Wildman–Crippen LogP) is 2.26. The molecule has 0 radical (unpaired) electrons. The van der Waals surface area contributed by atoms with E-state index in [1.807, 2.05) is 13.8 Å². The van der Waals surface area contributed by atoms with Crippen LogP contribution in [0.2, 0.25) is 0 Å². The number of halogens is 2. The van der Waals surface area contributed by atoms with Gasteiger partial charge in [-0.2, -0.15) is 0 Å². The van der Waals surface area contributed by atoms with Crippen LogP contribution in [0, 0.1) is 5.82 Å². The second kappa shape index (κ2) is 8.76. The van der Waals surface area contributed by atoms with E-state index in [-0.39, 0.29) is 29.7 Å². The van der Waals surface area contributed by atoms with E-state index in [1.165, 1.54) is 12.1 Å². The van der Waals surface area contributed by atoms with Crippen molar-refractivity contribution in [2.24, 2.45) is 5.73 Å². The first kappa shape index (κ1) is 18.7. The van der Waals surface area contributed by atoms with Crippen molar-refractivity contribution in [3.8, 4) is 5.75 Å². The lowest BCUT2D eigenvalue weighted by molar-refractivity contribution is -0.122. The average Bonchev–Trinajstić information content (AvgIpc) is 2.34. The molecule has 6 heteroatoms. The van der Waals surface area contributed by atoms with Gasteiger partial charge in [0.1, 0.15) is 11.6 Å². The van der Waals surface area contributed by atoms with Gasteiger partial charge in [-0.05, 0) is 32.4 Å². The molecule has 0 atom stereocenters. The Morgan fingerprint density at radius 1 is 1.45 bits per heavy atom. The Balaban J connectivity index is 0.00000361. The summed E-state index contributed by atoms with van der Waals surface area (Å²) in [6, 6.07) is 5.94. The van der Waals surface area contributed by atoms with Crippen LogP contribution in [0.5, 0.6) is 5.75 Å². The summed E-state index contributed by atoms with van der Waals surface area (Å²) in [6.45, 7) is 4.50. The highest BCUT2D eigenvalue weighted by atomic mass is 35.5. The monoisotopic (exact) mass is 304 g/mol. The Hall–Kier alpha value is -1.33. The van der Waals surface area contributed by atoms with Crippen molar-refractivity contribution in [2.45, 2.75) is 32.2 Å². The number of ether oxygens (including phenoxy) is 1. The van der Waals surface area contributed by atoms with Crippen molar-refractivity contribution in [1.29, 1.82) is 0 Å². The number of nitrogens with one attached hydrogen (secondary N) is 1. The topological polar surface area (TPSA) is 64.3 Å². The van der Waals surface area contributed by atoms with Gasteiger partial charge in [-0.1, -0.05) is 6.07 Å². The summed E-state index contributed by atoms with van der Waals surface area (Å²) in [5.41, 5.74) is 5.14. The predicted molar refractivity (Wildman–Crippen MR) is 79.7 cm³/mol. The quantitative estimate of drug-likeness (QED) is 0.760. The fraction of sp³-hybridized carbons (Fsp3) is 0.500. The first-order valence-corrected chi connectivity index (χ1v) is 6.32. The number of carbonyl (C=O) groups is 1. The molecule has 0 aliphatic carbocycles. The lowest BCUT2D eigenvalue weighted by Crippen LogP contribution is -2.48. The molecule has 0 aliphatic rings. The number of benzene rings is 1. The molecule has 0 heterocycles. The third-order valence-corrected chi connectivity index (χ3v) is 2.60. The third kappa shape index (κ3) is 7.31. The van der Waals surface area contributed by atoms with E-state index in [1.54, 1.807) is 12.1 Å². The van der Waals surface area contributed by atoms with Gasteiger partial charge in [0.15, 0.2) is 0 Å². The van der Waals surface area contributed by atoms with Crippen molar-refractivity contribution in [2.75, 3.05) is 13.2 Å². The van der Waals surface area contributed by atoms with Crippen LogP contribution >= 0.6 is 12.4 Å². The van der Waals surface area contributed by atoms with Gasteiger partial charge in [-0.3, -0.25) is 4.79 Å². The largest absolute Gasteiger partial charge is 0.493 e. The van der Waals surface area contributed by atoms with E-state index in [2.05, 4.69) is 5.32 Å². The molecule has 0 spiro atoms. The summed E-state index contributed by atoms with van der Waals surface area (Å²) in [5, 5.41) is 2.83. The second-order valence-electron chi connectivity index (χ2n) is 5.05. The van der Waals surface area contributed by atoms with E-state index in [0.29, 0.717) is 31.7 Å². The summed E-state index contributed by atoms with van der Waals surface area (Å²) in [6.07, 6.45) is 0.932. The Morgan fingerprint density at radius 3 is 2.75 bits per heavy atom. The minimum Gasteiger partial charge on any atom is -0.493 e. The van der Waals surface area contributed by atoms with Crippen LogP contribution in [0.15, 0.2) is 24.3 Å². The Morgan fingerprint density at radius 2 is 2.15 bits per heavy atom. The molecule has 1 rings (SSSR count). The zero-order chi connectivity index (χ0) is 14.3. The number of amides is 1. The summed E-state index contributed by atoms with van der Waals surface area (Å²) in [5.74, 6) is 0.0842. The third-order valence-electron chi connectivity index (χ3n) is 2.60. The van der Waals surface area contributed by atoms with E-state index < -0.39 is 0 Å². The molecule has 20 heavy (non-hydrogen) atoms. The Labute approximate surface area is 125 Å². The Bertz CT molecular complexity index is 427. The number of hydrogen-bond acceptors (Lipinski definition) is 3. The zero-order valence-corrected chi connectivity index (χ0v) is 12.6. The van der Waals surface area contributed by atoms with Crippen LogP contribution in [-0.2, 0) is 4.79 Å². The first-order chi connectivity index (χ1) is 8.93. The standard InChI is InChI=1S/C14H21FN2O2.ClH/c1-14(2,10-16)17-13(18)7-4-8-19-12-6-3-5-11(15)9-12;/h3,5-6,9H,4,7-8,10,16H2,1-2H3,(H,17,18);1H. The summed E-state index contributed by atoms with van der Waals surface area (Å²) >= 11 is 0. The van der Waals surface area contributed by atoms with Crippen LogP contribution in [-0.4, -0.2) is 24.6 Å². The lowest BCUT2D eigenvalue weighted by Gasteiger charge is -2.24. The second-order valence-corrected chi connectivity index (χ2v) is 5.05. The molecule has 0 bridgehead atoms. The van der Waals surface area contributed by atoms with Gasteiger partial charge < -0.3 is 15.8 Å². The van der Waals surface area contributed by atoms with E-state index >= 15 is 0 Å². The van der Waals surface area contributed by atoms with E-state index in [4.69, 9.17) is 10.5 Å². The van der Waals surface area contributed by atoms with Crippen LogP contribution in [0.4, 0.5) is 4.39 Å². The van der Waals surface area contributed by atoms with Crippen molar-refractivity contribution in [3.05, 3.63) is 30.1 Å². The van der Waals surface area contributed by atoms with Gasteiger partial charge in [-0.15, -0.1) is 12.4 Å². The molecule has 1 amide bonds. The summed E-state index contributed by atoms with van der Waals surface area (Å²) in [7, 11) is 0. The van der Waals surface area contributed by atoms with Gasteiger partial charge in [0.2, 0.25) is 5.91 Å². The van der Waals surface area contributed by atoms with Gasteiger partial charge in [-0.25, -0.2) is 4.39 Å². The van der Waals surface area contributed by atoms with Gasteiger partial charge in [0.25, 0.3) is 0 Å². The molecule has 0 saturated heterocycles. The fourth-order valence-corrected chi connectivity index (χ4v) is 1.47. The number of rotatable bonds is 7. The number of hydrogen-bond donors (Lipinski definition) is 2. The van der Waals surface area contributed by atoms with Crippen LogP contribution in [0.3, 0.4) is 0 Å². The molecular weight excluding hydrogens is 283 g/mol. The highest BCUT2D eigenvalue weighted by molar-refractivity contribution is 5.85. The molecule has 3 N–H and O–H groups in total. The average molecular weight is 305 g/mol. The van der Waals surface area contributed by atoms with Crippen molar-refractivity contribution in [3.63, 3.8) is 0 Å². The van der Waals surface area contributed by atoms with Crippen LogP contribution in [0.1, 0.15) is 26.7 Å². The molecule has 0 saturated carbocycles. The molecule has 0 aliphatic heterocycles. The van der Waals surface area contributed by atoms with Crippen LogP contribution in [0.25, 0.3) is 0 Å². The molecular formula is C14H22ClFN2O2. The maximum absolute atomic E-state index is 12.9. The van der Waals surface area contributed by atoms with Gasteiger partial charge in [0, 0.05) is 24.6 Å². The van der Waals surface area contributed by atoms with Crippen molar-refractivity contribution >= 4 is 18.3 Å². The molecule has 0 aromatic heterocycles. The first-order valence-electron chi connectivity index (χ1n) is 6.32. The highest BCUT2D eigenvalue weighted by Crippen LogP contribution is 2.12. The number of carbonyl (C=O) groups excluding carboxylic acids is 1. The van der Waals surface area contributed by atoms with E-state index in [0.717, 1.165) is 0 Å². The lowest BCUT2D eigenvalue weighted by atomic mass is 10.1. The van der Waals surface area contributed by atoms with Crippen molar-refractivity contribution < 1.29 is 13.9 Å². The molecule has 1 aromatic rings. The van der Waals surface area contributed by atoms with Gasteiger partial charge in [0.05, 0.1) is 6.61 Å². The molecule has 0 unspecified atom stereocenters. The van der Waals surface area contributed by atoms with E-state index in [9.17, 15) is 9.18 Å². The fourth-order valence-electron chi connectivity index (χ4n) is 1.47. The number of nitrogens with two attached hydrogens (primary N) is 1. The van der Waals surface area contributed by atoms with Crippen LogP contribution < -0.4 is 15.8 Å². The highest BCUT2D eigenvalue weighted by Gasteiger charge is 2.17. The van der Waals surface area contributed by atoms with Gasteiger partial charge >= 0.3 is 0 Å². The minimum atomic E-state index is -0.388. The summed E-state index contributed by atoms with van der Waals surface area (Å²) < 4.78 is 18.2. The Kier molecular flexibility index (Phi) is 8.18. The molecule has 1 aromatic carbocycles. The molecule has 0 fully saturated rings. The maximum Gasteiger partial charge on any atom is 0.220 e. The minimum absolute atomic E-state index is 0. The zero-order valence-electron chi connectivity index (χ0n) is 11.8. The summed E-state index contributed by atoms with van der Waals surface area (Å²) in [4.78, 5) is 11.6. The molecule has 4 nitrogen and oxygen atoms in total. The maximum atomic E-state index is 12.9. The SMILES string of the molecule is CC(C)(CN)NC(=O)CCCOc1cccc(F)c1.Cl.